The van der Waals surface area contributed by atoms with Gasteiger partial charge in [-0.3, -0.25) is 14.3 Å². The van der Waals surface area contributed by atoms with Crippen molar-refractivity contribution in [2.75, 3.05) is 16.3 Å². The highest BCUT2D eigenvalue weighted by atomic mass is 32.2. The molecular formula is C17H18N6O4S. The Morgan fingerprint density at radius 3 is 2.57 bits per heavy atom. The summed E-state index contributed by atoms with van der Waals surface area (Å²) in [6.45, 7) is 1.54. The molecule has 0 saturated heterocycles. The number of nitrogens with one attached hydrogen (secondary N) is 2. The lowest BCUT2D eigenvalue weighted by molar-refractivity contribution is -0.119. The number of anilines is 2. The van der Waals surface area contributed by atoms with E-state index in [1.165, 1.54) is 29.8 Å². The minimum atomic E-state index is -3.44. The zero-order valence-corrected chi connectivity index (χ0v) is 15.9. The van der Waals surface area contributed by atoms with Gasteiger partial charge in [-0.25, -0.2) is 17.8 Å². The van der Waals surface area contributed by atoms with Gasteiger partial charge in [0.15, 0.2) is 5.82 Å². The first-order chi connectivity index (χ1) is 13.2. The van der Waals surface area contributed by atoms with Gasteiger partial charge >= 0.3 is 0 Å². The van der Waals surface area contributed by atoms with Crippen LogP contribution in [0.3, 0.4) is 0 Å². The van der Waals surface area contributed by atoms with Gasteiger partial charge in [-0.1, -0.05) is 6.07 Å². The van der Waals surface area contributed by atoms with E-state index in [4.69, 9.17) is 0 Å². The van der Waals surface area contributed by atoms with Crippen LogP contribution in [0.1, 0.15) is 13.0 Å². The second kappa shape index (κ2) is 7.64. The minimum Gasteiger partial charge on any atom is -0.324 e. The summed E-state index contributed by atoms with van der Waals surface area (Å²) in [4.78, 5) is 24.8. The SMILES string of the molecule is CC(C(=O)Nc1cccc(NS(C)(=O)=O)c1)n1nc(-n2cccn2)ccc1=O. The van der Waals surface area contributed by atoms with Crippen LogP contribution >= 0.6 is 0 Å². The van der Waals surface area contributed by atoms with Crippen LogP contribution < -0.4 is 15.6 Å². The van der Waals surface area contributed by atoms with Crippen molar-refractivity contribution in [3.8, 4) is 5.82 Å². The van der Waals surface area contributed by atoms with E-state index in [9.17, 15) is 18.0 Å². The first-order valence-corrected chi connectivity index (χ1v) is 10.1. The van der Waals surface area contributed by atoms with Crippen LogP contribution in [-0.4, -0.2) is 40.1 Å². The van der Waals surface area contributed by atoms with E-state index >= 15 is 0 Å². The molecule has 1 atom stereocenters. The number of sulfonamides is 1. The molecule has 146 valence electrons. The highest BCUT2D eigenvalue weighted by molar-refractivity contribution is 7.92. The highest BCUT2D eigenvalue weighted by Crippen LogP contribution is 2.17. The van der Waals surface area contributed by atoms with E-state index in [0.717, 1.165) is 10.9 Å². The van der Waals surface area contributed by atoms with Crippen LogP contribution in [0, 0.1) is 0 Å². The molecule has 3 aromatic rings. The number of benzene rings is 1. The quantitative estimate of drug-likeness (QED) is 0.633. The molecule has 2 aromatic heterocycles. The van der Waals surface area contributed by atoms with Crippen molar-refractivity contribution >= 4 is 27.3 Å². The topological polar surface area (TPSA) is 128 Å². The van der Waals surface area contributed by atoms with Gasteiger partial charge in [-0.05, 0) is 37.3 Å². The maximum absolute atomic E-state index is 12.6. The molecule has 0 fully saturated rings. The van der Waals surface area contributed by atoms with Crippen LogP contribution in [0.4, 0.5) is 11.4 Å². The smallest absolute Gasteiger partial charge is 0.267 e. The lowest BCUT2D eigenvalue weighted by atomic mass is 10.2. The Labute approximate surface area is 160 Å². The van der Waals surface area contributed by atoms with Crippen LogP contribution in [0.5, 0.6) is 0 Å². The fourth-order valence-electron chi connectivity index (χ4n) is 2.45. The summed E-state index contributed by atoms with van der Waals surface area (Å²) in [6.07, 6.45) is 4.28. The fourth-order valence-corrected chi connectivity index (χ4v) is 3.01. The highest BCUT2D eigenvalue weighted by Gasteiger charge is 2.18. The zero-order valence-electron chi connectivity index (χ0n) is 15.1. The molecule has 11 heteroatoms. The molecule has 1 unspecified atom stereocenters. The Hall–Kier alpha value is -3.47. The molecule has 0 spiro atoms. The lowest BCUT2D eigenvalue weighted by Crippen LogP contribution is -2.33. The van der Waals surface area contributed by atoms with Crippen molar-refractivity contribution < 1.29 is 13.2 Å². The predicted octanol–water partition coefficient (Wildman–Crippen LogP) is 1.00. The summed E-state index contributed by atoms with van der Waals surface area (Å²) in [7, 11) is -3.44. The van der Waals surface area contributed by atoms with Crippen LogP contribution in [0.25, 0.3) is 5.82 Å². The predicted molar refractivity (Wildman–Crippen MR) is 104 cm³/mol. The summed E-state index contributed by atoms with van der Waals surface area (Å²) < 4.78 is 27.5. The van der Waals surface area contributed by atoms with Gasteiger partial charge < -0.3 is 5.32 Å². The van der Waals surface area contributed by atoms with Crippen molar-refractivity contribution in [3.05, 3.63) is 65.2 Å². The number of hydrogen-bond donors (Lipinski definition) is 2. The van der Waals surface area contributed by atoms with E-state index in [2.05, 4.69) is 20.2 Å². The number of carbonyl (C=O) groups excluding carboxylic acids is 1. The molecule has 1 aromatic carbocycles. The molecular weight excluding hydrogens is 384 g/mol. The summed E-state index contributed by atoms with van der Waals surface area (Å²) in [6, 6.07) is 9.85. The van der Waals surface area contributed by atoms with Gasteiger partial charge in [0.05, 0.1) is 11.9 Å². The van der Waals surface area contributed by atoms with Crippen molar-refractivity contribution in [1.82, 2.24) is 19.6 Å². The molecule has 0 aliphatic heterocycles. The third-order valence-corrected chi connectivity index (χ3v) is 4.34. The number of carbonyl (C=O) groups is 1. The Bertz CT molecular complexity index is 1150. The van der Waals surface area contributed by atoms with Crippen LogP contribution in [-0.2, 0) is 14.8 Å². The number of aromatic nitrogens is 4. The van der Waals surface area contributed by atoms with E-state index in [1.807, 2.05) is 0 Å². The molecule has 0 bridgehead atoms. The molecule has 2 heterocycles. The monoisotopic (exact) mass is 402 g/mol. The second-order valence-corrected chi connectivity index (χ2v) is 7.79. The molecule has 1 amide bonds. The largest absolute Gasteiger partial charge is 0.324 e. The molecule has 2 N–H and O–H groups in total. The van der Waals surface area contributed by atoms with E-state index in [-0.39, 0.29) is 0 Å². The van der Waals surface area contributed by atoms with Gasteiger partial charge in [0.2, 0.25) is 15.9 Å². The van der Waals surface area contributed by atoms with E-state index in [1.54, 1.807) is 36.7 Å². The molecule has 0 aliphatic rings. The number of rotatable bonds is 6. The number of nitrogens with zero attached hydrogens (tertiary/aromatic N) is 4. The summed E-state index contributed by atoms with van der Waals surface area (Å²) in [5.74, 6) is -0.0904. The minimum absolute atomic E-state index is 0.309. The van der Waals surface area contributed by atoms with E-state index in [0.29, 0.717) is 17.2 Å². The Kier molecular flexibility index (Phi) is 5.27. The molecule has 3 rings (SSSR count). The van der Waals surface area contributed by atoms with E-state index < -0.39 is 27.5 Å². The Morgan fingerprint density at radius 2 is 1.89 bits per heavy atom. The molecule has 0 radical (unpaired) electrons. The summed E-state index contributed by atoms with van der Waals surface area (Å²) in [5.41, 5.74) is 0.247. The average molecular weight is 402 g/mol. The molecule has 0 aliphatic carbocycles. The third-order valence-electron chi connectivity index (χ3n) is 3.73. The van der Waals surface area contributed by atoms with Gasteiger partial charge in [0.1, 0.15) is 6.04 Å². The maximum Gasteiger partial charge on any atom is 0.267 e. The van der Waals surface area contributed by atoms with Gasteiger partial charge in [-0.2, -0.15) is 5.10 Å². The molecule has 10 nitrogen and oxygen atoms in total. The zero-order chi connectivity index (χ0) is 20.3. The van der Waals surface area contributed by atoms with Gasteiger partial charge in [0, 0.05) is 24.1 Å². The third kappa shape index (κ3) is 4.62. The van der Waals surface area contributed by atoms with Crippen molar-refractivity contribution in [2.24, 2.45) is 0 Å². The number of amides is 1. The van der Waals surface area contributed by atoms with Crippen LogP contribution in [0.2, 0.25) is 0 Å². The maximum atomic E-state index is 12.6. The molecule has 28 heavy (non-hydrogen) atoms. The van der Waals surface area contributed by atoms with Gasteiger partial charge in [0.25, 0.3) is 5.56 Å². The first kappa shape index (κ1) is 19.3. The lowest BCUT2D eigenvalue weighted by Gasteiger charge is -2.15. The summed E-state index contributed by atoms with van der Waals surface area (Å²) >= 11 is 0. The standard InChI is InChI=1S/C17H18N6O4S/c1-12(23-16(24)8-7-15(20-23)22-10-4-9-18-22)17(25)19-13-5-3-6-14(11-13)21-28(2,26)27/h3-12,21H,1-2H3,(H,19,25). The molecule has 0 saturated carbocycles. The number of hydrogen-bond acceptors (Lipinski definition) is 6. The van der Waals surface area contributed by atoms with Crippen LogP contribution in [0.15, 0.2) is 59.7 Å². The van der Waals surface area contributed by atoms with Crippen molar-refractivity contribution in [2.45, 2.75) is 13.0 Å². The Morgan fingerprint density at radius 1 is 1.14 bits per heavy atom. The van der Waals surface area contributed by atoms with Crippen molar-refractivity contribution in [1.29, 1.82) is 0 Å². The average Bonchev–Trinajstić information content (AvgIpc) is 3.15. The van der Waals surface area contributed by atoms with Gasteiger partial charge in [-0.15, -0.1) is 5.10 Å². The Balaban J connectivity index is 1.81. The first-order valence-electron chi connectivity index (χ1n) is 8.21. The summed E-state index contributed by atoms with van der Waals surface area (Å²) in [5, 5.41) is 10.9. The van der Waals surface area contributed by atoms with Crippen molar-refractivity contribution in [3.63, 3.8) is 0 Å². The fraction of sp³-hybridized carbons (Fsp3) is 0.176. The second-order valence-electron chi connectivity index (χ2n) is 6.05. The normalized spacial score (nSPS) is 12.4.